The average molecular weight is 549 g/mol. The Morgan fingerprint density at radius 3 is 2.57 bits per heavy atom. The van der Waals surface area contributed by atoms with Gasteiger partial charge in [-0.25, -0.2) is 14.2 Å². The Kier molecular flexibility index (Phi) is 7.20. The van der Waals surface area contributed by atoms with E-state index in [4.69, 9.17) is 27.9 Å². The smallest absolute Gasteiger partial charge is 0.410 e. The molecule has 2 aromatic carbocycles. The van der Waals surface area contributed by atoms with E-state index in [0.717, 1.165) is 0 Å². The molecule has 1 saturated heterocycles. The lowest BCUT2D eigenvalue weighted by atomic mass is 9.87. The number of nitrogens with zero attached hydrogens (tertiary/aromatic N) is 3. The van der Waals surface area contributed by atoms with Crippen LogP contribution in [0.15, 0.2) is 35.4 Å². The third-order valence-corrected chi connectivity index (χ3v) is 7.39. The van der Waals surface area contributed by atoms with Gasteiger partial charge in [-0.3, -0.25) is 9.36 Å². The van der Waals surface area contributed by atoms with Crippen molar-refractivity contribution in [3.8, 4) is 0 Å². The minimum absolute atomic E-state index is 0.0664. The van der Waals surface area contributed by atoms with Crippen LogP contribution in [0, 0.1) is 12.7 Å². The average Bonchev–Trinajstić information content (AvgIpc) is 3.22. The molecule has 4 rings (SSSR count). The number of amides is 1. The minimum Gasteiger partial charge on any atom is -0.444 e. The highest BCUT2D eigenvalue weighted by atomic mass is 35.5. The summed E-state index contributed by atoms with van der Waals surface area (Å²) in [6.45, 7) is 11.4. The van der Waals surface area contributed by atoms with E-state index in [-0.39, 0.29) is 33.8 Å². The number of anilines is 1. The molecule has 1 aromatic heterocycles. The van der Waals surface area contributed by atoms with Gasteiger partial charge in [0.15, 0.2) is 0 Å². The lowest BCUT2D eigenvalue weighted by Crippen LogP contribution is -2.42. The summed E-state index contributed by atoms with van der Waals surface area (Å²) in [6, 6.07) is 6.15. The van der Waals surface area contributed by atoms with Gasteiger partial charge >= 0.3 is 6.09 Å². The van der Waals surface area contributed by atoms with E-state index in [1.54, 1.807) is 43.8 Å². The predicted octanol–water partition coefficient (Wildman–Crippen LogP) is 6.68. The third kappa shape index (κ3) is 5.14. The Morgan fingerprint density at radius 1 is 1.22 bits per heavy atom. The molecule has 0 aliphatic carbocycles. The second-order valence-corrected chi connectivity index (χ2v) is 11.5. The number of rotatable bonds is 4. The molecule has 0 bridgehead atoms. The fraction of sp³-hybridized carbons (Fsp3) is 0.444. The molecule has 1 aliphatic rings. The van der Waals surface area contributed by atoms with Crippen LogP contribution < -0.4 is 10.9 Å². The summed E-state index contributed by atoms with van der Waals surface area (Å²) in [6.07, 6.45) is 1.37. The number of benzene rings is 2. The number of ether oxygens (including phenoxy) is 1. The van der Waals surface area contributed by atoms with Gasteiger partial charge in [-0.2, -0.15) is 0 Å². The standard InChI is InChI=1S/C27H31Cl2FN4O3/c1-15(2)34-14-31-20-10-9-19(16(3)21(20)24(34)35)32-27(22-18(30)8-7-17(28)23(22)29)11-12-33(13-27)25(36)37-26(4,5)6/h7-10,14-15,32H,11-13H2,1-6H3/t27-/m1/s1. The van der Waals surface area contributed by atoms with Crippen LogP contribution in [-0.2, 0) is 10.3 Å². The van der Waals surface area contributed by atoms with Crippen LogP contribution in [0.4, 0.5) is 14.9 Å². The molecule has 198 valence electrons. The van der Waals surface area contributed by atoms with Crippen molar-refractivity contribution in [1.29, 1.82) is 0 Å². The zero-order valence-electron chi connectivity index (χ0n) is 21.8. The third-order valence-electron chi connectivity index (χ3n) is 6.59. The fourth-order valence-corrected chi connectivity index (χ4v) is 5.26. The molecule has 1 aliphatic heterocycles. The number of fused-ring (bicyclic) bond motifs is 1. The first-order chi connectivity index (χ1) is 17.2. The normalized spacial score (nSPS) is 18.1. The second kappa shape index (κ2) is 9.80. The van der Waals surface area contributed by atoms with Gasteiger partial charge < -0.3 is 15.0 Å². The first-order valence-electron chi connectivity index (χ1n) is 12.1. The van der Waals surface area contributed by atoms with Crippen molar-refractivity contribution in [2.45, 2.75) is 65.1 Å². The van der Waals surface area contributed by atoms with Crippen LogP contribution in [-0.4, -0.2) is 39.2 Å². The molecule has 37 heavy (non-hydrogen) atoms. The largest absolute Gasteiger partial charge is 0.444 e. The number of aromatic nitrogens is 2. The summed E-state index contributed by atoms with van der Waals surface area (Å²) < 4.78 is 22.6. The van der Waals surface area contributed by atoms with Crippen LogP contribution >= 0.6 is 23.2 Å². The van der Waals surface area contributed by atoms with Gasteiger partial charge in [0.05, 0.1) is 39.4 Å². The highest BCUT2D eigenvalue weighted by molar-refractivity contribution is 6.42. The van der Waals surface area contributed by atoms with Crippen LogP contribution in [0.1, 0.15) is 58.2 Å². The molecule has 0 radical (unpaired) electrons. The predicted molar refractivity (Wildman–Crippen MR) is 145 cm³/mol. The summed E-state index contributed by atoms with van der Waals surface area (Å²) in [5.41, 5.74) is 0.0241. The number of hydrogen-bond donors (Lipinski definition) is 1. The summed E-state index contributed by atoms with van der Waals surface area (Å²) in [7, 11) is 0. The number of halogens is 3. The Bertz CT molecular complexity index is 1430. The van der Waals surface area contributed by atoms with Gasteiger partial charge in [0.1, 0.15) is 11.4 Å². The van der Waals surface area contributed by atoms with Crippen LogP contribution in [0.25, 0.3) is 10.9 Å². The van der Waals surface area contributed by atoms with Gasteiger partial charge in [0.2, 0.25) is 0 Å². The van der Waals surface area contributed by atoms with Gasteiger partial charge in [-0.05, 0) is 77.8 Å². The van der Waals surface area contributed by atoms with Gasteiger partial charge in [0.25, 0.3) is 5.56 Å². The Morgan fingerprint density at radius 2 is 1.92 bits per heavy atom. The maximum Gasteiger partial charge on any atom is 0.410 e. The second-order valence-electron chi connectivity index (χ2n) is 10.8. The molecule has 1 amide bonds. The van der Waals surface area contributed by atoms with Gasteiger partial charge in [-0.15, -0.1) is 0 Å². The maximum atomic E-state index is 15.4. The highest BCUT2D eigenvalue weighted by Gasteiger charge is 2.46. The number of carbonyl (C=O) groups excluding carboxylic acids is 1. The maximum absolute atomic E-state index is 15.4. The van der Waals surface area contributed by atoms with E-state index in [0.29, 0.717) is 35.1 Å². The van der Waals surface area contributed by atoms with Crippen LogP contribution in [0.5, 0.6) is 0 Å². The van der Waals surface area contributed by atoms with Crippen molar-refractivity contribution in [3.05, 3.63) is 67.9 Å². The molecule has 1 fully saturated rings. The number of hydrogen-bond acceptors (Lipinski definition) is 5. The van der Waals surface area contributed by atoms with Crippen LogP contribution in [0.3, 0.4) is 0 Å². The first kappa shape index (κ1) is 27.2. The van der Waals surface area contributed by atoms with E-state index >= 15 is 4.39 Å². The van der Waals surface area contributed by atoms with Crippen molar-refractivity contribution in [3.63, 3.8) is 0 Å². The Labute approximate surface area is 225 Å². The Balaban J connectivity index is 1.85. The van der Waals surface area contributed by atoms with Gasteiger partial charge in [-0.1, -0.05) is 23.2 Å². The molecule has 2 heterocycles. The topological polar surface area (TPSA) is 76.5 Å². The molecule has 1 atom stereocenters. The zero-order chi connectivity index (χ0) is 27.3. The fourth-order valence-electron chi connectivity index (χ4n) is 4.77. The number of likely N-dealkylation sites (tertiary alicyclic amines) is 1. The zero-order valence-corrected chi connectivity index (χ0v) is 23.3. The molecule has 10 heteroatoms. The number of carbonyl (C=O) groups is 1. The first-order valence-corrected chi connectivity index (χ1v) is 12.9. The van der Waals surface area contributed by atoms with Crippen molar-refractivity contribution >= 4 is 45.9 Å². The molecule has 0 spiro atoms. The van der Waals surface area contributed by atoms with Crippen molar-refractivity contribution < 1.29 is 13.9 Å². The molecular formula is C27H31Cl2FN4O3. The summed E-state index contributed by atoms with van der Waals surface area (Å²) >= 11 is 12.9. The van der Waals surface area contributed by atoms with E-state index in [1.807, 2.05) is 20.8 Å². The van der Waals surface area contributed by atoms with Crippen LogP contribution in [0.2, 0.25) is 10.0 Å². The summed E-state index contributed by atoms with van der Waals surface area (Å²) in [4.78, 5) is 32.2. The Hall–Kier alpha value is -2.84. The minimum atomic E-state index is -1.12. The van der Waals surface area contributed by atoms with E-state index in [9.17, 15) is 9.59 Å². The van der Waals surface area contributed by atoms with Crippen molar-refractivity contribution in [1.82, 2.24) is 14.5 Å². The summed E-state index contributed by atoms with van der Waals surface area (Å²) in [5.74, 6) is -0.546. The summed E-state index contributed by atoms with van der Waals surface area (Å²) in [5, 5.41) is 4.20. The molecule has 1 N–H and O–H groups in total. The van der Waals surface area contributed by atoms with E-state index in [2.05, 4.69) is 10.3 Å². The molecular weight excluding hydrogens is 518 g/mol. The monoisotopic (exact) mass is 548 g/mol. The van der Waals surface area contributed by atoms with E-state index in [1.165, 1.54) is 17.0 Å². The van der Waals surface area contributed by atoms with Gasteiger partial charge in [0, 0.05) is 23.8 Å². The van der Waals surface area contributed by atoms with E-state index < -0.39 is 23.1 Å². The number of aryl methyl sites for hydroxylation is 1. The molecule has 0 unspecified atom stereocenters. The molecule has 0 saturated carbocycles. The van der Waals surface area contributed by atoms with Crippen molar-refractivity contribution in [2.75, 3.05) is 18.4 Å². The molecule has 7 nitrogen and oxygen atoms in total. The lowest BCUT2D eigenvalue weighted by molar-refractivity contribution is 0.0286. The molecule has 3 aromatic rings. The lowest BCUT2D eigenvalue weighted by Gasteiger charge is -2.34. The quantitative estimate of drug-likeness (QED) is 0.368. The van der Waals surface area contributed by atoms with Crippen molar-refractivity contribution in [2.24, 2.45) is 0 Å². The highest BCUT2D eigenvalue weighted by Crippen LogP contribution is 2.44. The SMILES string of the molecule is Cc1c(N[C@]2(c3c(F)ccc(Cl)c3Cl)CCN(C(=O)OC(C)(C)C)C2)ccc2ncn(C(C)C)c(=O)c12. The number of nitrogens with one attached hydrogen (secondary N) is 1.